The molecule has 1 aromatic heterocycles. The minimum Gasteiger partial charge on any atom is -0.460 e. The van der Waals surface area contributed by atoms with E-state index in [9.17, 15) is 0 Å². The molecule has 0 radical (unpaired) electrons. The van der Waals surface area contributed by atoms with Crippen LogP contribution in [0.25, 0.3) is 11.0 Å². The first kappa shape index (κ1) is 11.8. The Morgan fingerprint density at radius 1 is 1.00 bits per heavy atom. The Morgan fingerprint density at radius 2 is 1.74 bits per heavy atom. The second-order valence-electron chi connectivity index (χ2n) is 4.67. The van der Waals surface area contributed by atoms with Gasteiger partial charge in [0.25, 0.3) is 0 Å². The van der Waals surface area contributed by atoms with Crippen molar-refractivity contribution in [3.05, 3.63) is 84.6 Å². The average Bonchev–Trinajstić information content (AvgIpc) is 2.89. The summed E-state index contributed by atoms with van der Waals surface area (Å²) in [5, 5.41) is 1.16. The van der Waals surface area contributed by atoms with Gasteiger partial charge in [-0.25, -0.2) is 0 Å². The third-order valence-electron chi connectivity index (χ3n) is 3.39. The maximum absolute atomic E-state index is 5.99. The van der Waals surface area contributed by atoms with E-state index in [1.54, 1.807) is 0 Å². The summed E-state index contributed by atoms with van der Waals surface area (Å²) in [6, 6.07) is 20.7. The van der Waals surface area contributed by atoms with Crippen LogP contribution in [0.2, 0.25) is 0 Å². The van der Waals surface area contributed by atoms with Crippen LogP contribution in [0.5, 0.6) is 0 Å². The fraction of sp³-hybridized carbons (Fsp3) is 0.111. The topological polar surface area (TPSA) is 13.1 Å². The zero-order valence-corrected chi connectivity index (χ0v) is 10.8. The van der Waals surface area contributed by atoms with Crippen LogP contribution in [0, 0.1) is 0 Å². The molecular weight excluding hydrogens is 232 g/mol. The molecule has 0 aliphatic heterocycles. The van der Waals surface area contributed by atoms with E-state index in [1.165, 1.54) is 5.56 Å². The molecule has 0 spiro atoms. The minimum atomic E-state index is 0.242. The normalized spacial score (nSPS) is 12.4. The molecule has 0 fully saturated rings. The number of fused-ring (bicyclic) bond motifs is 1. The first-order valence-electron chi connectivity index (χ1n) is 6.53. The van der Waals surface area contributed by atoms with Crippen molar-refractivity contribution in [2.24, 2.45) is 0 Å². The van der Waals surface area contributed by atoms with Crippen molar-refractivity contribution in [3.8, 4) is 0 Å². The molecule has 0 aliphatic rings. The van der Waals surface area contributed by atoms with Gasteiger partial charge >= 0.3 is 0 Å². The predicted octanol–water partition coefficient (Wildman–Crippen LogP) is 5.14. The van der Waals surface area contributed by atoms with Gasteiger partial charge in [0.2, 0.25) is 0 Å². The summed E-state index contributed by atoms with van der Waals surface area (Å²) in [6.07, 6.45) is 2.83. The van der Waals surface area contributed by atoms with E-state index >= 15 is 0 Å². The number of hydrogen-bond acceptors (Lipinski definition) is 1. The van der Waals surface area contributed by atoms with Gasteiger partial charge in [-0.05, 0) is 24.1 Å². The molecule has 1 unspecified atom stereocenters. The zero-order valence-electron chi connectivity index (χ0n) is 10.8. The van der Waals surface area contributed by atoms with Gasteiger partial charge in [0.15, 0.2) is 0 Å². The summed E-state index contributed by atoms with van der Waals surface area (Å²) >= 11 is 0. The molecule has 1 heteroatoms. The molecule has 2 aromatic carbocycles. The molecule has 0 aliphatic carbocycles. The molecule has 1 atom stereocenters. The van der Waals surface area contributed by atoms with E-state index in [2.05, 4.69) is 43.0 Å². The highest BCUT2D eigenvalue weighted by atomic mass is 16.3. The van der Waals surface area contributed by atoms with Crippen LogP contribution in [0.1, 0.15) is 23.7 Å². The summed E-state index contributed by atoms with van der Waals surface area (Å²) in [7, 11) is 0. The number of hydrogen-bond donors (Lipinski definition) is 0. The van der Waals surface area contributed by atoms with Crippen molar-refractivity contribution in [1.82, 2.24) is 0 Å². The molecule has 0 saturated heterocycles. The molecule has 1 heterocycles. The third kappa shape index (κ3) is 2.32. The molecule has 1 nitrogen and oxygen atoms in total. The SMILES string of the molecule is C=CCC(c1ccccc1)c1cc2ccccc2o1. The molecule has 3 aromatic rings. The Labute approximate surface area is 113 Å². The number of allylic oxidation sites excluding steroid dienone is 1. The minimum absolute atomic E-state index is 0.242. The maximum Gasteiger partial charge on any atom is 0.134 e. The van der Waals surface area contributed by atoms with Crippen molar-refractivity contribution < 1.29 is 4.42 Å². The summed E-state index contributed by atoms with van der Waals surface area (Å²) in [5.74, 6) is 1.25. The molecule has 19 heavy (non-hydrogen) atoms. The molecule has 0 N–H and O–H groups in total. The van der Waals surface area contributed by atoms with Gasteiger partial charge in [0, 0.05) is 11.3 Å². The highest BCUT2D eigenvalue weighted by Crippen LogP contribution is 2.32. The fourth-order valence-corrected chi connectivity index (χ4v) is 2.44. The smallest absolute Gasteiger partial charge is 0.134 e. The first-order valence-corrected chi connectivity index (χ1v) is 6.53. The summed E-state index contributed by atoms with van der Waals surface area (Å²) in [6.45, 7) is 3.86. The molecule has 0 saturated carbocycles. The Morgan fingerprint density at radius 3 is 2.47 bits per heavy atom. The van der Waals surface area contributed by atoms with Gasteiger partial charge in [-0.1, -0.05) is 54.6 Å². The molecular formula is C18H16O. The number of rotatable bonds is 4. The van der Waals surface area contributed by atoms with Crippen molar-refractivity contribution in [2.45, 2.75) is 12.3 Å². The number of para-hydroxylation sites is 1. The van der Waals surface area contributed by atoms with Crippen LogP contribution in [0.4, 0.5) is 0 Å². The Bertz CT molecular complexity index is 646. The predicted molar refractivity (Wildman–Crippen MR) is 79.3 cm³/mol. The van der Waals surface area contributed by atoms with Crippen LogP contribution in [0.3, 0.4) is 0 Å². The second-order valence-corrected chi connectivity index (χ2v) is 4.67. The molecule has 94 valence electrons. The van der Waals surface area contributed by atoms with Crippen LogP contribution in [-0.2, 0) is 0 Å². The van der Waals surface area contributed by atoms with Gasteiger partial charge in [0.05, 0.1) is 0 Å². The highest BCUT2D eigenvalue weighted by Gasteiger charge is 2.16. The van der Waals surface area contributed by atoms with Crippen LogP contribution in [-0.4, -0.2) is 0 Å². The largest absolute Gasteiger partial charge is 0.460 e. The maximum atomic E-state index is 5.99. The first-order chi connectivity index (χ1) is 9.38. The van der Waals surface area contributed by atoms with Gasteiger partial charge in [-0.3, -0.25) is 0 Å². The van der Waals surface area contributed by atoms with E-state index < -0.39 is 0 Å². The monoisotopic (exact) mass is 248 g/mol. The lowest BCUT2D eigenvalue weighted by Crippen LogP contribution is -1.97. The van der Waals surface area contributed by atoms with Crippen molar-refractivity contribution in [2.75, 3.05) is 0 Å². The van der Waals surface area contributed by atoms with Gasteiger partial charge < -0.3 is 4.42 Å². The van der Waals surface area contributed by atoms with Crippen molar-refractivity contribution >= 4 is 11.0 Å². The lowest BCUT2D eigenvalue weighted by Gasteiger charge is -2.12. The van der Waals surface area contributed by atoms with Crippen LogP contribution < -0.4 is 0 Å². The Balaban J connectivity index is 2.06. The quantitative estimate of drug-likeness (QED) is 0.582. The van der Waals surface area contributed by atoms with E-state index in [4.69, 9.17) is 4.42 Å². The summed E-state index contributed by atoms with van der Waals surface area (Å²) < 4.78 is 5.99. The van der Waals surface area contributed by atoms with Crippen molar-refractivity contribution in [1.29, 1.82) is 0 Å². The standard InChI is InChI=1S/C18H16O/c1-2-8-16(14-9-4-3-5-10-14)18-13-15-11-6-7-12-17(15)19-18/h2-7,9-13,16H,1,8H2. The Kier molecular flexibility index (Phi) is 3.20. The van der Waals surface area contributed by atoms with Gasteiger partial charge in [-0.2, -0.15) is 0 Å². The molecule has 0 bridgehead atoms. The zero-order chi connectivity index (χ0) is 13.1. The summed E-state index contributed by atoms with van der Waals surface area (Å²) in [4.78, 5) is 0. The average molecular weight is 248 g/mol. The summed E-state index contributed by atoms with van der Waals surface area (Å²) in [5.41, 5.74) is 2.21. The van der Waals surface area contributed by atoms with E-state index in [0.29, 0.717) is 0 Å². The van der Waals surface area contributed by atoms with Gasteiger partial charge in [-0.15, -0.1) is 6.58 Å². The van der Waals surface area contributed by atoms with Crippen LogP contribution in [0.15, 0.2) is 77.7 Å². The van der Waals surface area contributed by atoms with Gasteiger partial charge in [0.1, 0.15) is 11.3 Å². The van der Waals surface area contributed by atoms with Crippen LogP contribution >= 0.6 is 0 Å². The second kappa shape index (κ2) is 5.15. The highest BCUT2D eigenvalue weighted by molar-refractivity contribution is 5.78. The molecule has 3 rings (SSSR count). The van der Waals surface area contributed by atoms with E-state index in [-0.39, 0.29) is 5.92 Å². The number of furan rings is 1. The third-order valence-corrected chi connectivity index (χ3v) is 3.39. The number of benzene rings is 2. The lowest BCUT2D eigenvalue weighted by atomic mass is 9.93. The van der Waals surface area contributed by atoms with Crippen molar-refractivity contribution in [3.63, 3.8) is 0 Å². The lowest BCUT2D eigenvalue weighted by molar-refractivity contribution is 0.520. The Hall–Kier alpha value is -2.28. The van der Waals surface area contributed by atoms with E-state index in [0.717, 1.165) is 23.2 Å². The van der Waals surface area contributed by atoms with E-state index in [1.807, 2.05) is 30.3 Å². The fourth-order valence-electron chi connectivity index (χ4n) is 2.44. The molecule has 0 amide bonds.